The molecule has 0 spiro atoms. The van der Waals surface area contributed by atoms with Gasteiger partial charge in [0.15, 0.2) is 5.13 Å². The molecule has 24 heavy (non-hydrogen) atoms. The molecule has 6 heteroatoms. The van der Waals surface area contributed by atoms with Gasteiger partial charge in [-0.1, -0.05) is 44.2 Å². The normalized spacial score (nSPS) is 11.4. The van der Waals surface area contributed by atoms with E-state index in [4.69, 9.17) is 4.74 Å². The van der Waals surface area contributed by atoms with Crippen LogP contribution in [0.2, 0.25) is 0 Å². The number of aromatic nitrogens is 1. The number of carbonyl (C=O) groups is 1. The molecule has 130 valence electrons. The molecule has 1 aromatic heterocycles. The van der Waals surface area contributed by atoms with Gasteiger partial charge in [-0.3, -0.25) is 0 Å². The lowest BCUT2D eigenvalue weighted by Gasteiger charge is -2.23. The number of aryl methyl sites for hydroxylation is 2. The highest BCUT2D eigenvalue weighted by Gasteiger charge is 2.19. The summed E-state index contributed by atoms with van der Waals surface area (Å²) in [6.07, 6.45) is 0. The number of thiazole rings is 1. The molecule has 1 heterocycles. The standard InChI is InChI=1S/C18H24N2O3S/c1-11-6-7-13(18(3,4)5)14(10-11)23-9-8-19-17-20-12(2)15(24-17)16(21)22/h6-7,10H,8-9H2,1-5H3,(H,19,20)(H,21,22)/p-1. The molecule has 0 unspecified atom stereocenters. The summed E-state index contributed by atoms with van der Waals surface area (Å²) in [5, 5.41) is 14.6. The van der Waals surface area contributed by atoms with Crippen molar-refractivity contribution in [3.8, 4) is 5.75 Å². The third-order valence-corrected chi connectivity index (χ3v) is 4.66. The Morgan fingerprint density at radius 3 is 2.62 bits per heavy atom. The first kappa shape index (κ1) is 18.3. The van der Waals surface area contributed by atoms with Crippen LogP contribution in [0.15, 0.2) is 18.2 Å². The number of carboxylic acids is 1. The molecule has 0 bridgehead atoms. The van der Waals surface area contributed by atoms with Crippen molar-refractivity contribution >= 4 is 22.4 Å². The number of hydrogen-bond donors (Lipinski definition) is 1. The molecule has 0 saturated carbocycles. The van der Waals surface area contributed by atoms with Gasteiger partial charge < -0.3 is 20.0 Å². The Morgan fingerprint density at radius 2 is 2.04 bits per heavy atom. The highest BCUT2D eigenvalue weighted by molar-refractivity contribution is 7.17. The van der Waals surface area contributed by atoms with Gasteiger partial charge in [-0.25, -0.2) is 4.98 Å². The van der Waals surface area contributed by atoms with Gasteiger partial charge >= 0.3 is 0 Å². The Labute approximate surface area is 146 Å². The molecule has 0 aliphatic rings. The summed E-state index contributed by atoms with van der Waals surface area (Å²) in [5.74, 6) is -0.307. The van der Waals surface area contributed by atoms with Crippen molar-refractivity contribution in [1.82, 2.24) is 4.98 Å². The lowest BCUT2D eigenvalue weighted by atomic mass is 9.86. The molecule has 0 amide bonds. The summed E-state index contributed by atoms with van der Waals surface area (Å²) in [6, 6.07) is 6.24. The van der Waals surface area contributed by atoms with Crippen LogP contribution in [0.4, 0.5) is 5.13 Å². The van der Waals surface area contributed by atoms with E-state index in [2.05, 4.69) is 43.2 Å². The van der Waals surface area contributed by atoms with Crippen LogP contribution >= 0.6 is 11.3 Å². The molecular weight excluding hydrogens is 324 g/mol. The van der Waals surface area contributed by atoms with Gasteiger partial charge in [0.05, 0.1) is 23.1 Å². The number of hydrogen-bond acceptors (Lipinski definition) is 6. The van der Waals surface area contributed by atoms with E-state index < -0.39 is 5.97 Å². The second-order valence-electron chi connectivity index (χ2n) is 6.75. The lowest BCUT2D eigenvalue weighted by Crippen LogP contribution is -2.21. The molecule has 0 aliphatic carbocycles. The number of aromatic carboxylic acids is 1. The van der Waals surface area contributed by atoms with Gasteiger partial charge in [0, 0.05) is 0 Å². The monoisotopic (exact) mass is 347 g/mol. The first-order valence-electron chi connectivity index (χ1n) is 7.85. The van der Waals surface area contributed by atoms with E-state index in [0.29, 0.717) is 24.0 Å². The van der Waals surface area contributed by atoms with Gasteiger partial charge in [-0.15, -0.1) is 0 Å². The van der Waals surface area contributed by atoms with Gasteiger partial charge in [0.25, 0.3) is 0 Å². The smallest absolute Gasteiger partial charge is 0.183 e. The fraction of sp³-hybridized carbons (Fsp3) is 0.444. The quantitative estimate of drug-likeness (QED) is 0.813. The number of anilines is 1. The first-order valence-corrected chi connectivity index (χ1v) is 8.66. The fourth-order valence-electron chi connectivity index (χ4n) is 2.35. The summed E-state index contributed by atoms with van der Waals surface area (Å²) >= 11 is 1.08. The highest BCUT2D eigenvalue weighted by Crippen LogP contribution is 2.32. The molecule has 0 saturated heterocycles. The van der Waals surface area contributed by atoms with E-state index in [1.165, 1.54) is 0 Å². The third-order valence-electron chi connectivity index (χ3n) is 3.56. The zero-order valence-corrected chi connectivity index (χ0v) is 15.5. The summed E-state index contributed by atoms with van der Waals surface area (Å²) in [6.45, 7) is 11.2. The number of benzene rings is 1. The predicted molar refractivity (Wildman–Crippen MR) is 95.0 cm³/mol. The van der Waals surface area contributed by atoms with E-state index in [9.17, 15) is 9.90 Å². The van der Waals surface area contributed by atoms with Crippen molar-refractivity contribution in [2.24, 2.45) is 0 Å². The van der Waals surface area contributed by atoms with Gasteiger partial charge in [0.1, 0.15) is 12.4 Å². The van der Waals surface area contributed by atoms with Crippen LogP contribution in [0.5, 0.6) is 5.75 Å². The topological polar surface area (TPSA) is 74.3 Å². The molecule has 2 rings (SSSR count). The maximum Gasteiger partial charge on any atom is 0.183 e. The number of rotatable bonds is 6. The zero-order chi connectivity index (χ0) is 17.9. The molecule has 1 N–H and O–H groups in total. The van der Waals surface area contributed by atoms with E-state index >= 15 is 0 Å². The highest BCUT2D eigenvalue weighted by atomic mass is 32.1. The van der Waals surface area contributed by atoms with Crippen molar-refractivity contribution in [1.29, 1.82) is 0 Å². The number of carbonyl (C=O) groups excluding carboxylic acids is 1. The zero-order valence-electron chi connectivity index (χ0n) is 14.7. The van der Waals surface area contributed by atoms with Crippen molar-refractivity contribution in [3.05, 3.63) is 39.9 Å². The minimum atomic E-state index is -1.19. The van der Waals surface area contributed by atoms with E-state index in [1.54, 1.807) is 6.92 Å². The van der Waals surface area contributed by atoms with Crippen molar-refractivity contribution < 1.29 is 14.6 Å². The van der Waals surface area contributed by atoms with Crippen LogP contribution in [0, 0.1) is 13.8 Å². The summed E-state index contributed by atoms with van der Waals surface area (Å²) in [4.78, 5) is 15.3. The van der Waals surface area contributed by atoms with Crippen molar-refractivity contribution in [2.45, 2.75) is 40.0 Å². The summed E-state index contributed by atoms with van der Waals surface area (Å²) in [5.41, 5.74) is 2.79. The van der Waals surface area contributed by atoms with Crippen LogP contribution in [-0.2, 0) is 5.41 Å². The van der Waals surface area contributed by atoms with Crippen LogP contribution in [-0.4, -0.2) is 24.1 Å². The Bertz CT molecular complexity index is 732. The predicted octanol–water partition coefficient (Wildman–Crippen LogP) is 2.91. The Morgan fingerprint density at radius 1 is 1.33 bits per heavy atom. The van der Waals surface area contributed by atoms with E-state index in [1.807, 2.05) is 13.0 Å². The number of nitrogens with zero attached hydrogens (tertiary/aromatic N) is 1. The number of ether oxygens (including phenoxy) is 1. The maximum atomic E-state index is 10.9. The van der Waals surface area contributed by atoms with E-state index in [-0.39, 0.29) is 10.3 Å². The van der Waals surface area contributed by atoms with Crippen molar-refractivity contribution in [3.63, 3.8) is 0 Å². The van der Waals surface area contributed by atoms with Gasteiger partial charge in [-0.05, 0) is 36.5 Å². The SMILES string of the molecule is Cc1ccc(C(C)(C)C)c(OCCNc2nc(C)c(C(=O)[O-])s2)c1. The molecule has 0 radical (unpaired) electrons. The maximum absolute atomic E-state index is 10.9. The third kappa shape index (κ3) is 4.47. The average molecular weight is 347 g/mol. The van der Waals surface area contributed by atoms with Crippen LogP contribution < -0.4 is 15.2 Å². The minimum Gasteiger partial charge on any atom is -0.544 e. The second kappa shape index (κ2) is 7.21. The van der Waals surface area contributed by atoms with E-state index in [0.717, 1.165) is 28.2 Å². The molecule has 1 aromatic carbocycles. The van der Waals surface area contributed by atoms with Gasteiger partial charge in [0.2, 0.25) is 0 Å². The Kier molecular flexibility index (Phi) is 5.49. The van der Waals surface area contributed by atoms with Crippen molar-refractivity contribution in [2.75, 3.05) is 18.5 Å². The molecule has 5 nitrogen and oxygen atoms in total. The Hall–Kier alpha value is -2.08. The molecule has 0 fully saturated rings. The van der Waals surface area contributed by atoms with Crippen LogP contribution in [0.25, 0.3) is 0 Å². The number of nitrogens with one attached hydrogen (secondary N) is 1. The first-order chi connectivity index (χ1) is 11.2. The van der Waals surface area contributed by atoms with Crippen LogP contribution in [0.1, 0.15) is 47.3 Å². The largest absolute Gasteiger partial charge is 0.544 e. The molecular formula is C18H23N2O3S-. The summed E-state index contributed by atoms with van der Waals surface area (Å²) < 4.78 is 5.94. The lowest BCUT2D eigenvalue weighted by molar-refractivity contribution is -0.254. The minimum absolute atomic E-state index is 0.00622. The fourth-order valence-corrected chi connectivity index (χ4v) is 3.18. The second-order valence-corrected chi connectivity index (χ2v) is 7.74. The molecule has 0 aliphatic heterocycles. The Balaban J connectivity index is 1.96. The number of carboxylic acid groups (broad SMARTS) is 1. The average Bonchev–Trinajstić information content (AvgIpc) is 2.83. The van der Waals surface area contributed by atoms with Crippen LogP contribution in [0.3, 0.4) is 0 Å². The summed E-state index contributed by atoms with van der Waals surface area (Å²) in [7, 11) is 0. The molecule has 2 aromatic rings. The molecule has 0 atom stereocenters. The van der Waals surface area contributed by atoms with Gasteiger partial charge in [-0.2, -0.15) is 0 Å².